The molecule has 0 saturated carbocycles. The first-order valence-corrected chi connectivity index (χ1v) is 5.91. The van der Waals surface area contributed by atoms with Gasteiger partial charge in [0.05, 0.1) is 13.2 Å². The third-order valence-electron chi connectivity index (χ3n) is 1.61. The summed E-state index contributed by atoms with van der Waals surface area (Å²) >= 11 is 7.54. The van der Waals surface area contributed by atoms with E-state index < -0.39 is 0 Å². The standard InChI is InChI=1S/C10H13ClOS/c1-13-7-6-12-8-9-2-4-10(11)5-3-9/h2-5H,6-8H2,1H3. The molecule has 0 amide bonds. The summed E-state index contributed by atoms with van der Waals surface area (Å²) in [7, 11) is 0. The van der Waals surface area contributed by atoms with Gasteiger partial charge < -0.3 is 4.74 Å². The molecule has 0 aliphatic heterocycles. The highest BCUT2D eigenvalue weighted by atomic mass is 35.5. The Morgan fingerprint density at radius 1 is 1.31 bits per heavy atom. The van der Waals surface area contributed by atoms with Crippen molar-refractivity contribution in [2.45, 2.75) is 6.61 Å². The molecule has 0 atom stereocenters. The molecular weight excluding hydrogens is 204 g/mol. The van der Waals surface area contributed by atoms with Crippen LogP contribution in [0.15, 0.2) is 24.3 Å². The van der Waals surface area contributed by atoms with Gasteiger partial charge in [-0.05, 0) is 24.0 Å². The topological polar surface area (TPSA) is 9.23 Å². The molecule has 3 heteroatoms. The monoisotopic (exact) mass is 216 g/mol. The van der Waals surface area contributed by atoms with Gasteiger partial charge in [-0.1, -0.05) is 23.7 Å². The summed E-state index contributed by atoms with van der Waals surface area (Å²) in [5.74, 6) is 1.05. The van der Waals surface area contributed by atoms with Crippen molar-refractivity contribution in [2.75, 3.05) is 18.6 Å². The maximum atomic E-state index is 5.75. The van der Waals surface area contributed by atoms with E-state index in [1.54, 1.807) is 11.8 Å². The zero-order valence-corrected chi connectivity index (χ0v) is 9.20. The molecule has 0 aromatic heterocycles. The molecule has 1 aromatic rings. The second-order valence-corrected chi connectivity index (χ2v) is 4.09. The molecule has 0 N–H and O–H groups in total. The number of thioether (sulfide) groups is 1. The number of hydrogen-bond donors (Lipinski definition) is 0. The lowest BCUT2D eigenvalue weighted by Gasteiger charge is -2.02. The molecule has 0 bridgehead atoms. The highest BCUT2D eigenvalue weighted by Crippen LogP contribution is 2.10. The van der Waals surface area contributed by atoms with Gasteiger partial charge in [0.15, 0.2) is 0 Å². The maximum absolute atomic E-state index is 5.75. The lowest BCUT2D eigenvalue weighted by atomic mass is 10.2. The van der Waals surface area contributed by atoms with Crippen molar-refractivity contribution >= 4 is 23.4 Å². The Morgan fingerprint density at radius 3 is 2.62 bits per heavy atom. The number of benzene rings is 1. The van der Waals surface area contributed by atoms with Crippen LogP contribution in [-0.4, -0.2) is 18.6 Å². The van der Waals surface area contributed by atoms with Crippen LogP contribution >= 0.6 is 23.4 Å². The lowest BCUT2D eigenvalue weighted by Crippen LogP contribution is -1.97. The SMILES string of the molecule is CSCCOCc1ccc(Cl)cc1. The summed E-state index contributed by atoms with van der Waals surface area (Å²) in [5, 5.41) is 0.771. The average molecular weight is 217 g/mol. The van der Waals surface area contributed by atoms with Crippen LogP contribution in [0, 0.1) is 0 Å². The van der Waals surface area contributed by atoms with Gasteiger partial charge in [-0.25, -0.2) is 0 Å². The smallest absolute Gasteiger partial charge is 0.0717 e. The summed E-state index contributed by atoms with van der Waals surface area (Å²) in [6.45, 7) is 1.49. The second-order valence-electron chi connectivity index (χ2n) is 2.67. The fraction of sp³-hybridized carbons (Fsp3) is 0.400. The average Bonchev–Trinajstić information content (AvgIpc) is 2.15. The zero-order valence-electron chi connectivity index (χ0n) is 7.63. The molecule has 0 aliphatic carbocycles. The number of rotatable bonds is 5. The third-order valence-corrected chi connectivity index (χ3v) is 2.44. The fourth-order valence-corrected chi connectivity index (χ4v) is 1.32. The van der Waals surface area contributed by atoms with E-state index in [0.29, 0.717) is 6.61 Å². The van der Waals surface area contributed by atoms with Crippen LogP contribution in [0.25, 0.3) is 0 Å². The molecule has 0 aliphatic rings. The molecule has 0 radical (unpaired) electrons. The molecule has 0 saturated heterocycles. The molecule has 1 nitrogen and oxygen atoms in total. The Bertz CT molecular complexity index is 235. The van der Waals surface area contributed by atoms with E-state index in [0.717, 1.165) is 17.4 Å². The van der Waals surface area contributed by atoms with Crippen LogP contribution in [0.4, 0.5) is 0 Å². The van der Waals surface area contributed by atoms with Crippen molar-refractivity contribution in [3.05, 3.63) is 34.9 Å². The van der Waals surface area contributed by atoms with Crippen LogP contribution < -0.4 is 0 Å². The third kappa shape index (κ3) is 4.55. The molecular formula is C10H13ClOS. The summed E-state index contributed by atoms with van der Waals surface area (Å²) < 4.78 is 5.44. The van der Waals surface area contributed by atoms with Gasteiger partial charge in [-0.15, -0.1) is 0 Å². The normalized spacial score (nSPS) is 10.3. The summed E-state index contributed by atoms with van der Waals surface area (Å²) in [5.41, 5.74) is 1.17. The molecule has 1 rings (SSSR count). The van der Waals surface area contributed by atoms with Gasteiger partial charge in [0.2, 0.25) is 0 Å². The number of ether oxygens (including phenoxy) is 1. The van der Waals surface area contributed by atoms with Crippen LogP contribution in [0.3, 0.4) is 0 Å². The lowest BCUT2D eigenvalue weighted by molar-refractivity contribution is 0.136. The van der Waals surface area contributed by atoms with Crippen molar-refractivity contribution in [3.8, 4) is 0 Å². The Morgan fingerprint density at radius 2 is 2.00 bits per heavy atom. The van der Waals surface area contributed by atoms with Gasteiger partial charge in [0.25, 0.3) is 0 Å². The Kier molecular flexibility index (Phi) is 5.28. The minimum absolute atomic E-state index is 0.678. The highest BCUT2D eigenvalue weighted by Gasteiger charge is 1.92. The first-order valence-electron chi connectivity index (χ1n) is 4.14. The van der Waals surface area contributed by atoms with Crippen LogP contribution in [0.2, 0.25) is 5.02 Å². The van der Waals surface area contributed by atoms with Gasteiger partial charge in [0.1, 0.15) is 0 Å². The zero-order chi connectivity index (χ0) is 9.52. The van der Waals surface area contributed by atoms with E-state index in [4.69, 9.17) is 16.3 Å². The van der Waals surface area contributed by atoms with Crippen molar-refractivity contribution < 1.29 is 4.74 Å². The molecule has 0 heterocycles. The maximum Gasteiger partial charge on any atom is 0.0717 e. The Hall–Kier alpha value is -0.180. The quantitative estimate of drug-likeness (QED) is 0.699. The highest BCUT2D eigenvalue weighted by molar-refractivity contribution is 7.98. The van der Waals surface area contributed by atoms with E-state index in [-0.39, 0.29) is 0 Å². The van der Waals surface area contributed by atoms with Crippen molar-refractivity contribution in [1.82, 2.24) is 0 Å². The predicted octanol–water partition coefficient (Wildman–Crippen LogP) is 3.22. The number of halogens is 1. The van der Waals surface area contributed by atoms with Crippen molar-refractivity contribution in [2.24, 2.45) is 0 Å². The van der Waals surface area contributed by atoms with Crippen LogP contribution in [0.1, 0.15) is 5.56 Å². The summed E-state index contributed by atoms with van der Waals surface area (Å²) in [6.07, 6.45) is 2.08. The van der Waals surface area contributed by atoms with E-state index in [1.165, 1.54) is 5.56 Å². The van der Waals surface area contributed by atoms with E-state index in [2.05, 4.69) is 6.26 Å². The largest absolute Gasteiger partial charge is 0.376 e. The molecule has 13 heavy (non-hydrogen) atoms. The van der Waals surface area contributed by atoms with Crippen molar-refractivity contribution in [1.29, 1.82) is 0 Å². The van der Waals surface area contributed by atoms with Crippen LogP contribution in [-0.2, 0) is 11.3 Å². The minimum Gasteiger partial charge on any atom is -0.376 e. The summed E-state index contributed by atoms with van der Waals surface area (Å²) in [6, 6.07) is 7.74. The molecule has 1 aromatic carbocycles. The van der Waals surface area contributed by atoms with Gasteiger partial charge >= 0.3 is 0 Å². The minimum atomic E-state index is 0.678. The van der Waals surface area contributed by atoms with Gasteiger partial charge in [-0.2, -0.15) is 11.8 Å². The predicted molar refractivity (Wildman–Crippen MR) is 59.5 cm³/mol. The Balaban J connectivity index is 2.25. The van der Waals surface area contributed by atoms with Crippen LogP contribution in [0.5, 0.6) is 0 Å². The Labute approximate surface area is 88.4 Å². The van der Waals surface area contributed by atoms with Gasteiger partial charge in [-0.3, -0.25) is 0 Å². The molecule has 0 spiro atoms. The van der Waals surface area contributed by atoms with Gasteiger partial charge in [0, 0.05) is 10.8 Å². The van der Waals surface area contributed by atoms with E-state index in [1.807, 2.05) is 24.3 Å². The molecule has 72 valence electrons. The first-order chi connectivity index (χ1) is 6.33. The molecule has 0 fully saturated rings. The molecule has 0 unspecified atom stereocenters. The fourth-order valence-electron chi connectivity index (χ4n) is 0.913. The van der Waals surface area contributed by atoms with E-state index >= 15 is 0 Å². The number of hydrogen-bond acceptors (Lipinski definition) is 2. The summed E-state index contributed by atoms with van der Waals surface area (Å²) in [4.78, 5) is 0. The first kappa shape index (κ1) is 10.9. The van der Waals surface area contributed by atoms with Crippen molar-refractivity contribution in [3.63, 3.8) is 0 Å². The van der Waals surface area contributed by atoms with E-state index in [9.17, 15) is 0 Å². The second kappa shape index (κ2) is 6.30.